The third kappa shape index (κ3) is 5.98. The second-order valence-corrected chi connectivity index (χ2v) is 10.4. The molecule has 2 aromatic rings. The Hall–Kier alpha value is -4.26. The van der Waals surface area contributed by atoms with E-state index in [1.165, 1.54) is 0 Å². The zero-order valence-corrected chi connectivity index (χ0v) is 22.8. The molecule has 4 N–H and O–H groups in total. The number of ether oxygens (including phenoxy) is 1. The normalized spacial score (nSPS) is 17.2. The quantitative estimate of drug-likeness (QED) is 0.392. The number of rotatable bonds is 7. The minimum Gasteiger partial charge on any atom is -0.394 e. The van der Waals surface area contributed by atoms with E-state index in [0.717, 1.165) is 22.8 Å². The maximum Gasteiger partial charge on any atom is 0.319 e. The van der Waals surface area contributed by atoms with Crippen LogP contribution in [0.3, 0.4) is 0 Å². The summed E-state index contributed by atoms with van der Waals surface area (Å²) in [6, 6.07) is 8.85. The fourth-order valence-corrected chi connectivity index (χ4v) is 4.57. The zero-order chi connectivity index (χ0) is 28.3. The number of amidine groups is 1. The number of aliphatic hydroxyl groups excluding tert-OH is 1. The van der Waals surface area contributed by atoms with Crippen molar-refractivity contribution in [2.24, 2.45) is 4.99 Å². The van der Waals surface area contributed by atoms with Crippen molar-refractivity contribution in [3.8, 4) is 0 Å². The summed E-state index contributed by atoms with van der Waals surface area (Å²) in [6.45, 7) is 8.02. The van der Waals surface area contributed by atoms with Gasteiger partial charge >= 0.3 is 11.9 Å². The number of nitrogens with one attached hydrogen (secondary N) is 3. The average Bonchev–Trinajstić information content (AvgIpc) is 3.44. The standard InChI is InChI=1S/C28H34N8O4/c1-19-21(32-27(39)33-28(2,3)17-37)5-4-6-23(19)36-16-22(25-29-9-10-35(25)18-36)31-24-8-7-20(15-30-24)26(38)34-11-13-40-14-12-34/h4-10,15-16,37H,11-14,17-18H2,1-3H3,(H,30,31)(H2,32,33,39)/q+1. The molecule has 40 heavy (non-hydrogen) atoms. The second-order valence-electron chi connectivity index (χ2n) is 10.4. The van der Waals surface area contributed by atoms with Gasteiger partial charge in [0, 0.05) is 31.2 Å². The number of fused-ring (bicyclic) bond motifs is 1. The summed E-state index contributed by atoms with van der Waals surface area (Å²) >= 11 is 0. The summed E-state index contributed by atoms with van der Waals surface area (Å²) in [6.07, 6.45) is 7.17. The molecule has 0 spiro atoms. The first kappa shape index (κ1) is 27.3. The first-order valence-corrected chi connectivity index (χ1v) is 13.1. The molecule has 0 atom stereocenters. The van der Waals surface area contributed by atoms with Crippen molar-refractivity contribution in [1.29, 1.82) is 0 Å². The van der Waals surface area contributed by atoms with Gasteiger partial charge in [-0.2, -0.15) is 4.99 Å². The Bertz CT molecular complexity index is 1360. The number of amides is 3. The molecule has 1 fully saturated rings. The Labute approximate surface area is 233 Å². The van der Waals surface area contributed by atoms with Crippen molar-refractivity contribution in [3.05, 3.63) is 72.0 Å². The molecular formula is C28H34N8O4+. The Morgan fingerprint density at radius 3 is 2.70 bits per heavy atom. The van der Waals surface area contributed by atoms with Crippen LogP contribution in [-0.2, 0) is 4.74 Å². The highest BCUT2D eigenvalue weighted by molar-refractivity contribution is 6.06. The third-order valence-corrected chi connectivity index (χ3v) is 6.83. The van der Waals surface area contributed by atoms with E-state index >= 15 is 0 Å². The van der Waals surface area contributed by atoms with Gasteiger partial charge in [0.2, 0.25) is 6.67 Å². The fraction of sp³-hybridized carbons (Fsp3) is 0.357. The Kier molecular flexibility index (Phi) is 7.83. The SMILES string of the molecule is Cc1c(NC(=O)NC(C)(C)CO)cccc1N1C=C(Nc2ccc(C(=O)N3CCOCC3)cn2)C2=NC=C[N+]2C1. The summed E-state index contributed by atoms with van der Waals surface area (Å²) in [7, 11) is 0. The van der Waals surface area contributed by atoms with Gasteiger partial charge in [-0.25, -0.2) is 9.78 Å². The van der Waals surface area contributed by atoms with Crippen molar-refractivity contribution < 1.29 is 19.4 Å². The van der Waals surface area contributed by atoms with Crippen LogP contribution in [0, 0.1) is 6.92 Å². The van der Waals surface area contributed by atoms with E-state index in [0.29, 0.717) is 50.0 Å². The number of morpholine rings is 1. The molecule has 12 nitrogen and oxygen atoms in total. The molecule has 3 amide bonds. The summed E-state index contributed by atoms with van der Waals surface area (Å²) < 4.78 is 5.34. The van der Waals surface area contributed by atoms with E-state index in [4.69, 9.17) is 4.74 Å². The van der Waals surface area contributed by atoms with Crippen molar-refractivity contribution in [1.82, 2.24) is 20.1 Å². The number of hydrogen-bond donors (Lipinski definition) is 4. The van der Waals surface area contributed by atoms with E-state index < -0.39 is 11.6 Å². The first-order valence-electron chi connectivity index (χ1n) is 13.1. The van der Waals surface area contributed by atoms with E-state index in [1.54, 1.807) is 43.3 Å². The predicted molar refractivity (Wildman–Crippen MR) is 153 cm³/mol. The zero-order valence-electron chi connectivity index (χ0n) is 22.8. The summed E-state index contributed by atoms with van der Waals surface area (Å²) in [5.41, 5.74) is 2.95. The Balaban J connectivity index is 1.34. The van der Waals surface area contributed by atoms with Crippen molar-refractivity contribution in [3.63, 3.8) is 0 Å². The van der Waals surface area contributed by atoms with Crippen molar-refractivity contribution >= 4 is 35.0 Å². The molecule has 209 valence electrons. The molecule has 12 heteroatoms. The molecule has 1 saturated heterocycles. The van der Waals surface area contributed by atoms with Crippen LogP contribution < -0.4 is 25.8 Å². The van der Waals surface area contributed by atoms with Gasteiger partial charge < -0.3 is 30.7 Å². The van der Waals surface area contributed by atoms with Gasteiger partial charge in [-0.1, -0.05) is 11.0 Å². The lowest BCUT2D eigenvalue weighted by Gasteiger charge is -2.28. The van der Waals surface area contributed by atoms with Gasteiger partial charge in [0.05, 0.1) is 42.8 Å². The molecule has 1 aromatic carbocycles. The topological polar surface area (TPSA) is 137 Å². The van der Waals surface area contributed by atoms with E-state index in [2.05, 4.69) is 30.8 Å². The van der Waals surface area contributed by atoms with Gasteiger partial charge in [-0.3, -0.25) is 9.69 Å². The van der Waals surface area contributed by atoms with Gasteiger partial charge in [-0.15, -0.1) is 0 Å². The maximum absolute atomic E-state index is 12.8. The molecule has 5 rings (SSSR count). The molecule has 1 radical (unpaired) electrons. The number of anilines is 3. The van der Waals surface area contributed by atoms with Crippen LogP contribution in [0.2, 0.25) is 0 Å². The van der Waals surface area contributed by atoms with Gasteiger partial charge in [0.25, 0.3) is 5.91 Å². The van der Waals surface area contributed by atoms with Crippen LogP contribution in [0.25, 0.3) is 0 Å². The first-order chi connectivity index (χ1) is 19.2. The number of aromatic nitrogens is 1. The lowest BCUT2D eigenvalue weighted by molar-refractivity contribution is 0.0302. The fourth-order valence-electron chi connectivity index (χ4n) is 4.57. The molecule has 3 aliphatic heterocycles. The highest BCUT2D eigenvalue weighted by Crippen LogP contribution is 2.30. The summed E-state index contributed by atoms with van der Waals surface area (Å²) in [5.74, 6) is 1.28. The Morgan fingerprint density at radius 1 is 1.18 bits per heavy atom. The van der Waals surface area contributed by atoms with Crippen molar-refractivity contribution in [2.45, 2.75) is 26.3 Å². The number of benzene rings is 1. The van der Waals surface area contributed by atoms with Crippen LogP contribution in [0.15, 0.2) is 65.8 Å². The molecule has 0 aliphatic carbocycles. The lowest BCUT2D eigenvalue weighted by Crippen LogP contribution is -2.48. The highest BCUT2D eigenvalue weighted by Gasteiger charge is 2.37. The Morgan fingerprint density at radius 2 is 1.98 bits per heavy atom. The van der Waals surface area contributed by atoms with Crippen LogP contribution in [0.1, 0.15) is 29.8 Å². The molecule has 3 aliphatic rings. The number of carbonyl (C=O) groups is 2. The molecule has 0 unspecified atom stereocenters. The number of aliphatic imine (C=N–C) groups is 1. The second kappa shape index (κ2) is 11.5. The average molecular weight is 547 g/mol. The van der Waals surface area contributed by atoms with E-state index in [-0.39, 0.29) is 12.5 Å². The molecule has 1 aromatic heterocycles. The van der Waals surface area contributed by atoms with Gasteiger partial charge in [-0.05, 0) is 50.6 Å². The van der Waals surface area contributed by atoms with Crippen LogP contribution in [0.5, 0.6) is 0 Å². The number of nitrogens with zero attached hydrogens (tertiary/aromatic N) is 5. The lowest BCUT2D eigenvalue weighted by atomic mass is 10.1. The highest BCUT2D eigenvalue weighted by atomic mass is 16.5. The predicted octanol–water partition coefficient (Wildman–Crippen LogP) is 2.51. The largest absolute Gasteiger partial charge is 0.394 e. The summed E-state index contributed by atoms with van der Waals surface area (Å²) in [4.78, 5) is 40.2. The minimum absolute atomic E-state index is 0.0569. The number of urea groups is 1. The third-order valence-electron chi connectivity index (χ3n) is 6.83. The molecule has 4 heterocycles. The van der Waals surface area contributed by atoms with Crippen molar-refractivity contribution in [2.75, 3.05) is 55.1 Å². The molecule has 0 saturated carbocycles. The number of carbonyl (C=O) groups excluding carboxylic acids is 2. The molecule has 0 bridgehead atoms. The summed E-state index contributed by atoms with van der Waals surface area (Å²) in [5, 5.41) is 18.5. The number of pyridine rings is 1. The molecular weight excluding hydrogens is 512 g/mol. The smallest absolute Gasteiger partial charge is 0.319 e. The van der Waals surface area contributed by atoms with Crippen LogP contribution in [-0.4, -0.2) is 77.9 Å². The van der Waals surface area contributed by atoms with Crippen LogP contribution in [0.4, 0.5) is 22.0 Å². The maximum atomic E-state index is 12.8. The van der Waals surface area contributed by atoms with E-state index in [9.17, 15) is 14.7 Å². The minimum atomic E-state index is -0.744. The number of hydrogen-bond acceptors (Lipinski definition) is 9. The van der Waals surface area contributed by atoms with Gasteiger partial charge in [0.1, 0.15) is 11.5 Å². The van der Waals surface area contributed by atoms with Crippen LogP contribution >= 0.6 is 0 Å². The van der Waals surface area contributed by atoms with Gasteiger partial charge in [0.15, 0.2) is 6.20 Å². The number of aliphatic hydroxyl groups is 1. The monoisotopic (exact) mass is 546 g/mol. The van der Waals surface area contributed by atoms with E-state index in [1.807, 2.05) is 42.4 Å².